The number of nitrogens with zero attached hydrogens (tertiary/aromatic N) is 1. The second kappa shape index (κ2) is 6.77. The van der Waals surface area contributed by atoms with E-state index < -0.39 is 0 Å². The maximum absolute atomic E-state index is 3.24. The summed E-state index contributed by atoms with van der Waals surface area (Å²) >= 11 is 0. The Hall–Kier alpha value is -0.860. The maximum Gasteiger partial charge on any atom is 0.0107 e. The number of likely N-dealkylation sites (tertiary alicyclic amines) is 1. The van der Waals surface area contributed by atoms with Gasteiger partial charge in [0.1, 0.15) is 0 Å². The molecule has 0 amide bonds. The van der Waals surface area contributed by atoms with E-state index in [1.807, 2.05) is 7.05 Å². The molecule has 0 saturated carbocycles. The predicted octanol–water partition coefficient (Wildman–Crippen LogP) is 2.16. The van der Waals surface area contributed by atoms with Gasteiger partial charge >= 0.3 is 0 Å². The fourth-order valence-electron chi connectivity index (χ4n) is 2.74. The van der Waals surface area contributed by atoms with E-state index in [9.17, 15) is 0 Å². The zero-order valence-corrected chi connectivity index (χ0v) is 10.9. The summed E-state index contributed by atoms with van der Waals surface area (Å²) in [6.07, 6.45) is 4.00. The van der Waals surface area contributed by atoms with Crippen LogP contribution in [-0.4, -0.2) is 38.1 Å². The third-order valence-electron chi connectivity index (χ3n) is 3.65. The average molecular weight is 232 g/mol. The Labute approximate surface area is 105 Å². The molecular weight excluding hydrogens is 208 g/mol. The Bertz CT molecular complexity index is 310. The summed E-state index contributed by atoms with van der Waals surface area (Å²) in [7, 11) is 2.03. The molecule has 0 radical (unpaired) electrons. The molecule has 1 unspecified atom stereocenters. The molecule has 2 rings (SSSR count). The summed E-state index contributed by atoms with van der Waals surface area (Å²) in [5.41, 5.74) is 1.49. The molecule has 1 aromatic carbocycles. The van der Waals surface area contributed by atoms with Gasteiger partial charge in [0.25, 0.3) is 0 Å². The van der Waals surface area contributed by atoms with Crippen LogP contribution in [0.4, 0.5) is 0 Å². The van der Waals surface area contributed by atoms with Crippen LogP contribution in [0.25, 0.3) is 0 Å². The summed E-state index contributed by atoms with van der Waals surface area (Å²) in [6.45, 7) is 4.86. The van der Waals surface area contributed by atoms with E-state index in [0.717, 1.165) is 12.5 Å². The van der Waals surface area contributed by atoms with Gasteiger partial charge in [-0.3, -0.25) is 0 Å². The first-order valence-corrected chi connectivity index (χ1v) is 6.79. The zero-order chi connectivity index (χ0) is 11.9. The van der Waals surface area contributed by atoms with Crippen molar-refractivity contribution in [3.63, 3.8) is 0 Å². The van der Waals surface area contributed by atoms with E-state index in [2.05, 4.69) is 40.5 Å². The lowest BCUT2D eigenvalue weighted by Gasteiger charge is -2.32. The van der Waals surface area contributed by atoms with Crippen molar-refractivity contribution in [2.24, 2.45) is 5.92 Å². The van der Waals surface area contributed by atoms with Gasteiger partial charge in [-0.05, 0) is 44.3 Å². The topological polar surface area (TPSA) is 15.3 Å². The number of likely N-dealkylation sites (N-methyl/N-ethyl adjacent to an activating group) is 1. The standard InChI is InChI=1S/C15H24N2/c1-16-9-11-17-10-5-8-15(13-17)12-14-6-3-2-4-7-14/h2-4,6-7,15-16H,5,8-13H2,1H3. The molecule has 0 bridgehead atoms. The molecule has 1 heterocycles. The summed E-state index contributed by atoms with van der Waals surface area (Å²) in [4.78, 5) is 2.60. The summed E-state index contributed by atoms with van der Waals surface area (Å²) in [5.74, 6) is 0.850. The van der Waals surface area contributed by atoms with Crippen molar-refractivity contribution in [2.45, 2.75) is 19.3 Å². The molecule has 17 heavy (non-hydrogen) atoms. The van der Waals surface area contributed by atoms with Crippen LogP contribution >= 0.6 is 0 Å². The first-order chi connectivity index (χ1) is 8.38. The van der Waals surface area contributed by atoms with Gasteiger partial charge in [-0.15, -0.1) is 0 Å². The molecule has 2 heteroatoms. The van der Waals surface area contributed by atoms with Crippen LogP contribution in [0.3, 0.4) is 0 Å². The van der Waals surface area contributed by atoms with Crippen molar-refractivity contribution in [3.8, 4) is 0 Å². The van der Waals surface area contributed by atoms with Crippen molar-refractivity contribution < 1.29 is 0 Å². The van der Waals surface area contributed by atoms with E-state index in [1.165, 1.54) is 44.5 Å². The van der Waals surface area contributed by atoms with Crippen molar-refractivity contribution >= 4 is 0 Å². The molecule has 0 aromatic heterocycles. The third kappa shape index (κ3) is 4.14. The molecule has 94 valence electrons. The van der Waals surface area contributed by atoms with Gasteiger partial charge in [0, 0.05) is 19.6 Å². The molecule has 2 nitrogen and oxygen atoms in total. The van der Waals surface area contributed by atoms with Gasteiger partial charge in [0.15, 0.2) is 0 Å². The molecule has 0 aliphatic carbocycles. The molecule has 1 aliphatic rings. The Morgan fingerprint density at radius 2 is 2.12 bits per heavy atom. The van der Waals surface area contributed by atoms with Crippen molar-refractivity contribution in [2.75, 3.05) is 33.2 Å². The molecule has 1 aromatic rings. The van der Waals surface area contributed by atoms with Gasteiger partial charge < -0.3 is 10.2 Å². The Balaban J connectivity index is 1.81. The number of hydrogen-bond acceptors (Lipinski definition) is 2. The van der Waals surface area contributed by atoms with Crippen LogP contribution in [0.5, 0.6) is 0 Å². The van der Waals surface area contributed by atoms with Gasteiger partial charge in [-0.2, -0.15) is 0 Å². The Morgan fingerprint density at radius 3 is 2.88 bits per heavy atom. The maximum atomic E-state index is 3.24. The number of piperidine rings is 1. The zero-order valence-electron chi connectivity index (χ0n) is 10.9. The van der Waals surface area contributed by atoms with Gasteiger partial charge in [-0.25, -0.2) is 0 Å². The molecule has 0 spiro atoms. The minimum atomic E-state index is 0.850. The second-order valence-electron chi connectivity index (χ2n) is 5.10. The highest BCUT2D eigenvalue weighted by molar-refractivity contribution is 5.15. The van der Waals surface area contributed by atoms with Crippen LogP contribution in [0.15, 0.2) is 30.3 Å². The Morgan fingerprint density at radius 1 is 1.29 bits per heavy atom. The highest BCUT2D eigenvalue weighted by Crippen LogP contribution is 2.20. The van der Waals surface area contributed by atoms with Crippen LogP contribution in [0.1, 0.15) is 18.4 Å². The second-order valence-corrected chi connectivity index (χ2v) is 5.10. The van der Waals surface area contributed by atoms with Crippen LogP contribution < -0.4 is 5.32 Å². The van der Waals surface area contributed by atoms with Gasteiger partial charge in [0.2, 0.25) is 0 Å². The van der Waals surface area contributed by atoms with Crippen LogP contribution in [0.2, 0.25) is 0 Å². The van der Waals surface area contributed by atoms with E-state index in [4.69, 9.17) is 0 Å². The van der Waals surface area contributed by atoms with E-state index in [1.54, 1.807) is 0 Å². The number of hydrogen-bond donors (Lipinski definition) is 1. The number of rotatable bonds is 5. The predicted molar refractivity (Wildman–Crippen MR) is 73.2 cm³/mol. The number of benzene rings is 1. The van der Waals surface area contributed by atoms with Crippen molar-refractivity contribution in [1.82, 2.24) is 10.2 Å². The fraction of sp³-hybridized carbons (Fsp3) is 0.600. The minimum absolute atomic E-state index is 0.850. The van der Waals surface area contributed by atoms with Crippen LogP contribution in [0, 0.1) is 5.92 Å². The van der Waals surface area contributed by atoms with E-state index in [0.29, 0.717) is 0 Å². The van der Waals surface area contributed by atoms with Gasteiger partial charge in [0.05, 0.1) is 0 Å². The summed E-state index contributed by atoms with van der Waals surface area (Å²) < 4.78 is 0. The first kappa shape index (κ1) is 12.6. The summed E-state index contributed by atoms with van der Waals surface area (Å²) in [5, 5.41) is 3.24. The molecule has 1 saturated heterocycles. The SMILES string of the molecule is CNCCN1CCCC(Cc2ccccc2)C1. The number of nitrogens with one attached hydrogen (secondary N) is 1. The summed E-state index contributed by atoms with van der Waals surface area (Å²) in [6, 6.07) is 10.9. The molecule has 1 N–H and O–H groups in total. The average Bonchev–Trinajstić information content (AvgIpc) is 2.38. The Kier molecular flexibility index (Phi) is 5.02. The quantitative estimate of drug-likeness (QED) is 0.837. The molecule has 1 aliphatic heterocycles. The molecular formula is C15H24N2. The van der Waals surface area contributed by atoms with E-state index >= 15 is 0 Å². The highest BCUT2D eigenvalue weighted by atomic mass is 15.1. The van der Waals surface area contributed by atoms with E-state index in [-0.39, 0.29) is 0 Å². The normalized spacial score (nSPS) is 21.6. The smallest absolute Gasteiger partial charge is 0.0107 e. The lowest BCUT2D eigenvalue weighted by atomic mass is 9.91. The largest absolute Gasteiger partial charge is 0.318 e. The first-order valence-electron chi connectivity index (χ1n) is 6.79. The highest BCUT2D eigenvalue weighted by Gasteiger charge is 2.19. The molecule has 1 atom stereocenters. The third-order valence-corrected chi connectivity index (χ3v) is 3.65. The minimum Gasteiger partial charge on any atom is -0.318 e. The lowest BCUT2D eigenvalue weighted by molar-refractivity contribution is 0.176. The van der Waals surface area contributed by atoms with Crippen molar-refractivity contribution in [1.29, 1.82) is 0 Å². The molecule has 1 fully saturated rings. The van der Waals surface area contributed by atoms with Gasteiger partial charge in [-0.1, -0.05) is 30.3 Å². The fourth-order valence-corrected chi connectivity index (χ4v) is 2.74. The van der Waals surface area contributed by atoms with Crippen LogP contribution in [-0.2, 0) is 6.42 Å². The monoisotopic (exact) mass is 232 g/mol. The van der Waals surface area contributed by atoms with Crippen molar-refractivity contribution in [3.05, 3.63) is 35.9 Å². The lowest BCUT2D eigenvalue weighted by Crippen LogP contribution is -2.39.